The summed E-state index contributed by atoms with van der Waals surface area (Å²) in [6, 6.07) is 8.43. The summed E-state index contributed by atoms with van der Waals surface area (Å²) in [5, 5.41) is 8.89. The van der Waals surface area contributed by atoms with Crippen LogP contribution in [0.2, 0.25) is 0 Å². The molecule has 0 unspecified atom stereocenters. The van der Waals surface area contributed by atoms with E-state index in [2.05, 4.69) is 0 Å². The minimum absolute atomic E-state index is 0.133. The van der Waals surface area contributed by atoms with Gasteiger partial charge >= 0.3 is 0 Å². The molecule has 16 heavy (non-hydrogen) atoms. The third-order valence-electron chi connectivity index (χ3n) is 2.22. The summed E-state index contributed by atoms with van der Waals surface area (Å²) >= 11 is 0. The normalized spacial score (nSPS) is 16.1. The summed E-state index contributed by atoms with van der Waals surface area (Å²) in [7, 11) is 0. The number of morpholine rings is 1. The second-order valence-corrected chi connectivity index (χ2v) is 3.24. The van der Waals surface area contributed by atoms with Crippen LogP contribution in [0.5, 0.6) is 0 Å². The molecule has 2 rings (SSSR count). The van der Waals surface area contributed by atoms with Gasteiger partial charge in [-0.15, -0.1) is 0 Å². The largest absolute Gasteiger partial charge is 0.362 e. The van der Waals surface area contributed by atoms with Gasteiger partial charge in [-0.3, -0.25) is 9.59 Å². The van der Waals surface area contributed by atoms with E-state index in [4.69, 9.17) is 10.00 Å². The molecular formula is C11H8N2O3. The highest BCUT2D eigenvalue weighted by atomic mass is 16.5. The van der Waals surface area contributed by atoms with E-state index in [-0.39, 0.29) is 13.2 Å². The maximum absolute atomic E-state index is 11.5. The van der Waals surface area contributed by atoms with Crippen molar-refractivity contribution in [3.05, 3.63) is 29.8 Å². The van der Waals surface area contributed by atoms with Crippen molar-refractivity contribution in [1.82, 2.24) is 0 Å². The van der Waals surface area contributed by atoms with Crippen LogP contribution in [0.1, 0.15) is 5.56 Å². The van der Waals surface area contributed by atoms with Gasteiger partial charge in [-0.2, -0.15) is 5.26 Å². The SMILES string of the molecule is N#Cc1ccccc1N1C(=O)COCC1=O. The quantitative estimate of drug-likeness (QED) is 0.639. The Labute approximate surface area is 91.8 Å². The maximum atomic E-state index is 11.5. The van der Waals surface area contributed by atoms with Crippen LogP contribution in [0.15, 0.2) is 24.3 Å². The summed E-state index contributed by atoms with van der Waals surface area (Å²) in [6.07, 6.45) is 0. The number of para-hydroxylation sites is 1. The Hall–Kier alpha value is -2.19. The van der Waals surface area contributed by atoms with Crippen molar-refractivity contribution in [3.63, 3.8) is 0 Å². The van der Waals surface area contributed by atoms with Crippen LogP contribution in [0.25, 0.3) is 0 Å². The number of carbonyl (C=O) groups excluding carboxylic acids is 2. The minimum atomic E-state index is -0.445. The number of anilines is 1. The van der Waals surface area contributed by atoms with Crippen molar-refractivity contribution < 1.29 is 14.3 Å². The second kappa shape index (κ2) is 4.13. The molecule has 0 radical (unpaired) electrons. The van der Waals surface area contributed by atoms with Gasteiger partial charge in [0, 0.05) is 0 Å². The van der Waals surface area contributed by atoms with Gasteiger partial charge in [0.25, 0.3) is 11.8 Å². The lowest BCUT2D eigenvalue weighted by atomic mass is 10.1. The molecule has 1 heterocycles. The molecule has 80 valence electrons. The molecule has 1 saturated heterocycles. The third-order valence-corrected chi connectivity index (χ3v) is 2.22. The van der Waals surface area contributed by atoms with Gasteiger partial charge < -0.3 is 4.74 Å². The molecule has 0 atom stereocenters. The van der Waals surface area contributed by atoms with Crippen molar-refractivity contribution in [1.29, 1.82) is 5.26 Å². The van der Waals surface area contributed by atoms with Crippen molar-refractivity contribution in [2.45, 2.75) is 0 Å². The van der Waals surface area contributed by atoms with Crippen molar-refractivity contribution in [3.8, 4) is 6.07 Å². The first-order chi connectivity index (χ1) is 7.74. The number of nitriles is 1. The number of amides is 2. The second-order valence-electron chi connectivity index (χ2n) is 3.24. The number of benzene rings is 1. The first-order valence-electron chi connectivity index (χ1n) is 4.66. The van der Waals surface area contributed by atoms with Gasteiger partial charge in [0.1, 0.15) is 19.3 Å². The summed E-state index contributed by atoms with van der Waals surface area (Å²) in [5.41, 5.74) is 0.620. The zero-order valence-electron chi connectivity index (χ0n) is 8.34. The summed E-state index contributed by atoms with van der Waals surface area (Å²) in [5.74, 6) is -0.891. The fraction of sp³-hybridized carbons (Fsp3) is 0.182. The first-order valence-corrected chi connectivity index (χ1v) is 4.66. The zero-order chi connectivity index (χ0) is 11.5. The highest BCUT2D eigenvalue weighted by Crippen LogP contribution is 2.21. The molecular weight excluding hydrogens is 208 g/mol. The molecule has 5 heteroatoms. The van der Waals surface area contributed by atoms with Crippen LogP contribution in [0, 0.1) is 11.3 Å². The van der Waals surface area contributed by atoms with E-state index in [0.29, 0.717) is 11.3 Å². The Kier molecular flexibility index (Phi) is 2.66. The van der Waals surface area contributed by atoms with Crippen LogP contribution >= 0.6 is 0 Å². The summed E-state index contributed by atoms with van der Waals surface area (Å²) < 4.78 is 4.80. The van der Waals surface area contributed by atoms with E-state index in [1.54, 1.807) is 24.3 Å². The Bertz CT molecular complexity index is 474. The van der Waals surface area contributed by atoms with Crippen LogP contribution in [0.3, 0.4) is 0 Å². The van der Waals surface area contributed by atoms with E-state index in [9.17, 15) is 9.59 Å². The highest BCUT2D eigenvalue weighted by molar-refractivity contribution is 6.17. The molecule has 5 nitrogen and oxygen atoms in total. The van der Waals surface area contributed by atoms with Gasteiger partial charge in [0.05, 0.1) is 11.3 Å². The molecule has 2 amide bonds. The Morgan fingerprint density at radius 3 is 2.44 bits per heavy atom. The third kappa shape index (κ3) is 1.66. The van der Waals surface area contributed by atoms with Crippen LogP contribution < -0.4 is 4.90 Å². The average Bonchev–Trinajstić information content (AvgIpc) is 2.29. The molecule has 0 spiro atoms. The molecule has 0 N–H and O–H groups in total. The number of hydrogen-bond donors (Lipinski definition) is 0. The van der Waals surface area contributed by atoms with Gasteiger partial charge in [-0.05, 0) is 12.1 Å². The standard InChI is InChI=1S/C11H8N2O3/c12-5-8-3-1-2-4-9(8)13-10(14)6-16-7-11(13)15/h1-4H,6-7H2. The van der Waals surface area contributed by atoms with Gasteiger partial charge in [0.15, 0.2) is 0 Å². The smallest absolute Gasteiger partial charge is 0.259 e. The topological polar surface area (TPSA) is 70.4 Å². The molecule has 1 aromatic carbocycles. The van der Waals surface area contributed by atoms with E-state index in [1.807, 2.05) is 6.07 Å². The lowest BCUT2D eigenvalue weighted by molar-refractivity contribution is -0.138. The number of nitrogens with zero attached hydrogens (tertiary/aromatic N) is 2. The molecule has 0 saturated carbocycles. The molecule has 1 aliphatic rings. The van der Waals surface area contributed by atoms with E-state index >= 15 is 0 Å². The Morgan fingerprint density at radius 2 is 1.81 bits per heavy atom. The number of hydrogen-bond acceptors (Lipinski definition) is 4. The summed E-state index contributed by atoms with van der Waals surface area (Å²) in [6.45, 7) is -0.267. The predicted octanol–water partition coefficient (Wildman–Crippen LogP) is 0.448. The lowest BCUT2D eigenvalue weighted by Crippen LogP contribution is -2.46. The van der Waals surface area contributed by atoms with Gasteiger partial charge in [-0.25, -0.2) is 4.90 Å². The first kappa shape index (κ1) is 10.3. The fourth-order valence-corrected chi connectivity index (χ4v) is 1.53. The van der Waals surface area contributed by atoms with Crippen LogP contribution in [-0.4, -0.2) is 25.0 Å². The number of imide groups is 1. The van der Waals surface area contributed by atoms with E-state index < -0.39 is 11.8 Å². The molecule has 1 aromatic rings. The van der Waals surface area contributed by atoms with Crippen LogP contribution in [0.4, 0.5) is 5.69 Å². The minimum Gasteiger partial charge on any atom is -0.362 e. The number of ether oxygens (including phenoxy) is 1. The van der Waals surface area contributed by atoms with Gasteiger partial charge in [0.2, 0.25) is 0 Å². The van der Waals surface area contributed by atoms with Gasteiger partial charge in [-0.1, -0.05) is 12.1 Å². The monoisotopic (exact) mass is 216 g/mol. The lowest BCUT2D eigenvalue weighted by Gasteiger charge is -2.25. The van der Waals surface area contributed by atoms with Crippen molar-refractivity contribution in [2.75, 3.05) is 18.1 Å². The average molecular weight is 216 g/mol. The van der Waals surface area contributed by atoms with Crippen LogP contribution in [-0.2, 0) is 14.3 Å². The number of carbonyl (C=O) groups is 2. The Morgan fingerprint density at radius 1 is 1.19 bits per heavy atom. The Balaban J connectivity index is 2.46. The number of rotatable bonds is 1. The fourth-order valence-electron chi connectivity index (χ4n) is 1.53. The molecule has 0 aliphatic carbocycles. The van der Waals surface area contributed by atoms with Crippen molar-refractivity contribution >= 4 is 17.5 Å². The zero-order valence-corrected chi connectivity index (χ0v) is 8.34. The van der Waals surface area contributed by atoms with Crippen molar-refractivity contribution in [2.24, 2.45) is 0 Å². The maximum Gasteiger partial charge on any atom is 0.259 e. The predicted molar refractivity (Wildman–Crippen MR) is 54.5 cm³/mol. The molecule has 0 bridgehead atoms. The highest BCUT2D eigenvalue weighted by Gasteiger charge is 2.29. The molecule has 1 fully saturated rings. The summed E-state index contributed by atoms with van der Waals surface area (Å²) in [4.78, 5) is 24.1. The molecule has 1 aliphatic heterocycles. The molecule has 0 aromatic heterocycles. The van der Waals surface area contributed by atoms with E-state index in [1.165, 1.54) is 0 Å². The van der Waals surface area contributed by atoms with E-state index in [0.717, 1.165) is 4.90 Å².